The zero-order chi connectivity index (χ0) is 14.1. The number of hydrogen-bond donors (Lipinski definition) is 0. The Morgan fingerprint density at radius 1 is 1.30 bits per heavy atom. The molecule has 20 heavy (non-hydrogen) atoms. The minimum absolute atomic E-state index is 0.540. The molecule has 1 aromatic rings. The summed E-state index contributed by atoms with van der Waals surface area (Å²) in [4.78, 5) is 7.10. The number of nitriles is 1. The normalized spacial score (nSPS) is 25.1. The molecule has 2 aliphatic rings. The Bertz CT molecular complexity index is 544. The fourth-order valence-electron chi connectivity index (χ4n) is 3.74. The number of aromatic nitrogens is 1. The molecule has 0 saturated heterocycles. The molecule has 0 aliphatic heterocycles. The van der Waals surface area contributed by atoms with Crippen LogP contribution in [0.25, 0.3) is 0 Å². The number of pyridine rings is 1. The molecule has 0 N–H and O–H groups in total. The second kappa shape index (κ2) is 5.44. The van der Waals surface area contributed by atoms with Crippen LogP contribution in [-0.4, -0.2) is 18.1 Å². The van der Waals surface area contributed by atoms with Gasteiger partial charge < -0.3 is 4.90 Å². The lowest BCUT2D eigenvalue weighted by molar-refractivity contribution is 0.335. The number of anilines is 1. The Labute approximate surface area is 121 Å². The summed E-state index contributed by atoms with van der Waals surface area (Å²) in [6.07, 6.45) is 8.42. The molecule has 0 spiro atoms. The average Bonchev–Trinajstić information content (AvgIpc) is 2.92. The zero-order valence-corrected chi connectivity index (χ0v) is 12.5. The summed E-state index contributed by atoms with van der Waals surface area (Å²) in [7, 11) is 2.12. The van der Waals surface area contributed by atoms with Crippen LogP contribution < -0.4 is 4.90 Å². The first-order valence-corrected chi connectivity index (χ1v) is 7.84. The van der Waals surface area contributed by atoms with E-state index in [0.717, 1.165) is 30.1 Å². The third kappa shape index (κ3) is 2.40. The van der Waals surface area contributed by atoms with Crippen molar-refractivity contribution in [3.8, 4) is 6.07 Å². The van der Waals surface area contributed by atoms with Crippen LogP contribution in [0.4, 0.5) is 5.82 Å². The van der Waals surface area contributed by atoms with Gasteiger partial charge >= 0.3 is 0 Å². The maximum atomic E-state index is 9.43. The van der Waals surface area contributed by atoms with Gasteiger partial charge in [0.1, 0.15) is 11.9 Å². The van der Waals surface area contributed by atoms with Crippen LogP contribution in [0.2, 0.25) is 0 Å². The molecule has 0 aromatic carbocycles. The number of nitrogens with zero attached hydrogens (tertiary/aromatic N) is 3. The van der Waals surface area contributed by atoms with Gasteiger partial charge in [-0.15, -0.1) is 0 Å². The highest BCUT2D eigenvalue weighted by atomic mass is 15.2. The molecule has 3 rings (SSSR count). The van der Waals surface area contributed by atoms with Crippen molar-refractivity contribution in [2.75, 3.05) is 11.9 Å². The van der Waals surface area contributed by atoms with E-state index in [2.05, 4.69) is 31.0 Å². The van der Waals surface area contributed by atoms with Gasteiger partial charge in [0.2, 0.25) is 0 Å². The molecule has 0 radical (unpaired) electrons. The van der Waals surface area contributed by atoms with E-state index in [-0.39, 0.29) is 0 Å². The first kappa shape index (κ1) is 13.4. The third-order valence-electron chi connectivity index (χ3n) is 4.94. The van der Waals surface area contributed by atoms with Crippen molar-refractivity contribution < 1.29 is 0 Å². The predicted molar refractivity (Wildman–Crippen MR) is 80.8 cm³/mol. The second-order valence-electron chi connectivity index (χ2n) is 6.47. The molecule has 3 heteroatoms. The Morgan fingerprint density at radius 3 is 2.90 bits per heavy atom. The summed E-state index contributed by atoms with van der Waals surface area (Å²) < 4.78 is 0. The summed E-state index contributed by atoms with van der Waals surface area (Å²) in [5, 5.41) is 9.43. The maximum Gasteiger partial charge on any atom is 0.146 e. The highest BCUT2D eigenvalue weighted by Crippen LogP contribution is 2.32. The van der Waals surface area contributed by atoms with E-state index in [9.17, 15) is 5.26 Å². The van der Waals surface area contributed by atoms with Crippen LogP contribution in [0.1, 0.15) is 55.8 Å². The second-order valence-corrected chi connectivity index (χ2v) is 6.47. The van der Waals surface area contributed by atoms with Crippen molar-refractivity contribution in [2.45, 2.75) is 57.9 Å². The molecule has 2 aliphatic carbocycles. The average molecular weight is 269 g/mol. The van der Waals surface area contributed by atoms with Crippen LogP contribution in [0.15, 0.2) is 6.07 Å². The van der Waals surface area contributed by atoms with E-state index >= 15 is 0 Å². The summed E-state index contributed by atoms with van der Waals surface area (Å²) >= 11 is 0. The van der Waals surface area contributed by atoms with Gasteiger partial charge in [-0.1, -0.05) is 19.8 Å². The Hall–Kier alpha value is -1.56. The van der Waals surface area contributed by atoms with Crippen LogP contribution in [0, 0.1) is 17.2 Å². The minimum atomic E-state index is 0.540. The van der Waals surface area contributed by atoms with E-state index < -0.39 is 0 Å². The van der Waals surface area contributed by atoms with Gasteiger partial charge in [-0.2, -0.15) is 5.26 Å². The largest absolute Gasteiger partial charge is 0.356 e. The smallest absolute Gasteiger partial charge is 0.146 e. The third-order valence-corrected chi connectivity index (χ3v) is 4.94. The molecular formula is C17H23N3. The number of aryl methyl sites for hydroxylation is 2. The van der Waals surface area contributed by atoms with Gasteiger partial charge in [0.25, 0.3) is 0 Å². The van der Waals surface area contributed by atoms with Gasteiger partial charge in [-0.3, -0.25) is 0 Å². The van der Waals surface area contributed by atoms with Crippen molar-refractivity contribution in [3.63, 3.8) is 0 Å². The van der Waals surface area contributed by atoms with Gasteiger partial charge in [-0.25, -0.2) is 4.98 Å². The lowest BCUT2D eigenvalue weighted by atomic mass is 9.86. The molecule has 1 fully saturated rings. The van der Waals surface area contributed by atoms with Crippen LogP contribution in [0.5, 0.6) is 0 Å². The van der Waals surface area contributed by atoms with E-state index in [4.69, 9.17) is 4.98 Å². The van der Waals surface area contributed by atoms with Gasteiger partial charge in [0.05, 0.1) is 5.56 Å². The molecule has 3 nitrogen and oxygen atoms in total. The summed E-state index contributed by atoms with van der Waals surface area (Å²) in [6, 6.07) is 4.97. The molecule has 1 aromatic heterocycles. The van der Waals surface area contributed by atoms with E-state index in [1.165, 1.54) is 43.4 Å². The first-order valence-electron chi connectivity index (χ1n) is 7.84. The highest BCUT2D eigenvalue weighted by Gasteiger charge is 2.26. The lowest BCUT2D eigenvalue weighted by Crippen LogP contribution is -2.36. The molecule has 2 atom stereocenters. The number of hydrogen-bond acceptors (Lipinski definition) is 3. The summed E-state index contributed by atoms with van der Waals surface area (Å²) in [6.45, 7) is 2.33. The fourth-order valence-corrected chi connectivity index (χ4v) is 3.74. The summed E-state index contributed by atoms with van der Waals surface area (Å²) in [5.74, 6) is 1.70. The highest BCUT2D eigenvalue weighted by molar-refractivity contribution is 5.57. The zero-order valence-electron chi connectivity index (χ0n) is 12.5. The van der Waals surface area contributed by atoms with Gasteiger partial charge in [-0.05, 0) is 49.7 Å². The molecular weight excluding hydrogens is 246 g/mol. The number of fused-ring (bicyclic) bond motifs is 1. The molecule has 0 bridgehead atoms. The topological polar surface area (TPSA) is 39.9 Å². The molecule has 106 valence electrons. The Kier molecular flexibility index (Phi) is 3.65. The van der Waals surface area contributed by atoms with Gasteiger partial charge in [0.15, 0.2) is 0 Å². The molecule has 1 saturated carbocycles. The van der Waals surface area contributed by atoms with E-state index in [1.54, 1.807) is 0 Å². The fraction of sp³-hybridized carbons (Fsp3) is 0.647. The van der Waals surface area contributed by atoms with Crippen LogP contribution in [0.3, 0.4) is 0 Å². The van der Waals surface area contributed by atoms with Crippen molar-refractivity contribution in [3.05, 3.63) is 22.9 Å². The van der Waals surface area contributed by atoms with Crippen molar-refractivity contribution in [1.29, 1.82) is 5.26 Å². The van der Waals surface area contributed by atoms with Crippen molar-refractivity contribution >= 4 is 5.82 Å². The van der Waals surface area contributed by atoms with Crippen molar-refractivity contribution in [1.82, 2.24) is 4.98 Å². The predicted octanol–water partition coefficient (Wildman–Crippen LogP) is 3.46. The van der Waals surface area contributed by atoms with Gasteiger partial charge in [0, 0.05) is 18.8 Å². The first-order chi connectivity index (χ1) is 9.69. The molecule has 0 amide bonds. The summed E-state index contributed by atoms with van der Waals surface area (Å²) in [5.41, 5.74) is 3.26. The minimum Gasteiger partial charge on any atom is -0.356 e. The Balaban J connectivity index is 1.91. The van der Waals surface area contributed by atoms with Crippen LogP contribution in [-0.2, 0) is 12.8 Å². The monoisotopic (exact) mass is 269 g/mol. The van der Waals surface area contributed by atoms with E-state index in [0.29, 0.717) is 6.04 Å². The standard InChI is InChI=1S/C17H23N3/c1-12-5-3-7-15(9-12)20(2)17-14(11-18)10-13-6-4-8-16(13)19-17/h10,12,15H,3-9H2,1-2H3. The quantitative estimate of drug-likeness (QED) is 0.825. The molecule has 1 heterocycles. The SMILES string of the molecule is CC1CCCC(N(C)c2nc3c(cc2C#N)CCC3)C1. The van der Waals surface area contributed by atoms with Crippen molar-refractivity contribution in [2.24, 2.45) is 5.92 Å². The molecule has 2 unspecified atom stereocenters. The van der Waals surface area contributed by atoms with Crippen LogP contribution >= 0.6 is 0 Å². The Morgan fingerprint density at radius 2 is 2.15 bits per heavy atom. The maximum absolute atomic E-state index is 9.43. The van der Waals surface area contributed by atoms with E-state index in [1.807, 2.05) is 0 Å². The lowest BCUT2D eigenvalue weighted by Gasteiger charge is -2.35. The number of rotatable bonds is 2.